The van der Waals surface area contributed by atoms with Crippen molar-refractivity contribution in [1.29, 1.82) is 0 Å². The van der Waals surface area contributed by atoms with Crippen LogP contribution in [-0.2, 0) is 19.4 Å². The van der Waals surface area contributed by atoms with Crippen LogP contribution in [0.5, 0.6) is 5.75 Å². The van der Waals surface area contributed by atoms with Crippen molar-refractivity contribution in [2.45, 2.75) is 19.4 Å². The number of ether oxygens (including phenoxy) is 1. The predicted molar refractivity (Wildman–Crippen MR) is 82.0 cm³/mol. The molecule has 1 aliphatic carbocycles. The van der Waals surface area contributed by atoms with Crippen molar-refractivity contribution in [1.82, 2.24) is 5.32 Å². The maximum absolute atomic E-state index is 5.90. The highest BCUT2D eigenvalue weighted by Crippen LogP contribution is 2.29. The Morgan fingerprint density at radius 3 is 2.65 bits per heavy atom. The van der Waals surface area contributed by atoms with E-state index in [1.807, 2.05) is 25.2 Å². The first-order chi connectivity index (χ1) is 9.85. The Morgan fingerprint density at radius 2 is 1.85 bits per heavy atom. The Morgan fingerprint density at radius 1 is 1.05 bits per heavy atom. The minimum Gasteiger partial charge on any atom is -0.489 e. The summed E-state index contributed by atoms with van der Waals surface area (Å²) in [6, 6.07) is 16.9. The molecule has 0 heterocycles. The number of benzene rings is 2. The van der Waals surface area contributed by atoms with E-state index in [1.54, 1.807) is 0 Å². The fourth-order valence-corrected chi connectivity index (χ4v) is 2.95. The summed E-state index contributed by atoms with van der Waals surface area (Å²) in [5, 5.41) is 3.27. The van der Waals surface area contributed by atoms with Gasteiger partial charge in [0.05, 0.1) is 0 Å². The summed E-state index contributed by atoms with van der Waals surface area (Å²) < 4.78 is 5.90. The maximum atomic E-state index is 5.90. The third kappa shape index (κ3) is 3.02. The molecule has 2 aromatic carbocycles. The van der Waals surface area contributed by atoms with Crippen molar-refractivity contribution in [3.05, 3.63) is 65.2 Å². The topological polar surface area (TPSA) is 21.3 Å². The van der Waals surface area contributed by atoms with Crippen LogP contribution < -0.4 is 10.1 Å². The molecule has 0 aromatic heterocycles. The van der Waals surface area contributed by atoms with Crippen LogP contribution in [-0.4, -0.2) is 13.6 Å². The summed E-state index contributed by atoms with van der Waals surface area (Å²) >= 11 is 0. The summed E-state index contributed by atoms with van der Waals surface area (Å²) in [6.07, 6.45) is 2.36. The van der Waals surface area contributed by atoms with Gasteiger partial charge in [-0.2, -0.15) is 0 Å². The quantitative estimate of drug-likeness (QED) is 0.898. The molecule has 0 radical (unpaired) electrons. The largest absolute Gasteiger partial charge is 0.489 e. The number of hydrogen-bond acceptors (Lipinski definition) is 2. The van der Waals surface area contributed by atoms with Crippen LogP contribution in [0.15, 0.2) is 48.5 Å². The third-order valence-corrected chi connectivity index (χ3v) is 3.94. The van der Waals surface area contributed by atoms with Crippen LogP contribution in [0.4, 0.5) is 0 Å². The molecule has 0 fully saturated rings. The monoisotopic (exact) mass is 267 g/mol. The Balaban J connectivity index is 1.64. The minimum absolute atomic E-state index is 0.638. The molecule has 1 aliphatic rings. The van der Waals surface area contributed by atoms with E-state index < -0.39 is 0 Å². The summed E-state index contributed by atoms with van der Waals surface area (Å²) in [5.41, 5.74) is 4.15. The predicted octanol–water partition coefficient (Wildman–Crippen LogP) is 3.20. The van der Waals surface area contributed by atoms with Gasteiger partial charge in [-0.05, 0) is 61.2 Å². The van der Waals surface area contributed by atoms with E-state index in [1.165, 1.54) is 29.5 Å². The minimum atomic E-state index is 0.638. The number of fused-ring (bicyclic) bond motifs is 1. The van der Waals surface area contributed by atoms with Gasteiger partial charge >= 0.3 is 0 Å². The molecule has 1 unspecified atom stereocenters. The first-order valence-electron chi connectivity index (χ1n) is 7.28. The lowest BCUT2D eigenvalue weighted by molar-refractivity contribution is 0.306. The number of rotatable bonds is 5. The van der Waals surface area contributed by atoms with Gasteiger partial charge in [-0.25, -0.2) is 0 Å². The van der Waals surface area contributed by atoms with Crippen LogP contribution >= 0.6 is 0 Å². The van der Waals surface area contributed by atoms with E-state index in [0.29, 0.717) is 6.61 Å². The molecule has 0 bridgehead atoms. The van der Waals surface area contributed by atoms with E-state index in [4.69, 9.17) is 4.74 Å². The fraction of sp³-hybridized carbons (Fsp3) is 0.333. The Kier molecular flexibility index (Phi) is 4.03. The van der Waals surface area contributed by atoms with Crippen LogP contribution in [0.3, 0.4) is 0 Å². The Bertz CT molecular complexity index is 565. The van der Waals surface area contributed by atoms with Crippen molar-refractivity contribution < 1.29 is 4.74 Å². The molecule has 3 rings (SSSR count). The molecular weight excluding hydrogens is 246 g/mol. The van der Waals surface area contributed by atoms with Gasteiger partial charge in [-0.1, -0.05) is 36.4 Å². The van der Waals surface area contributed by atoms with Gasteiger partial charge in [0.25, 0.3) is 0 Å². The lowest BCUT2D eigenvalue weighted by atomic mass is 10.1. The third-order valence-electron chi connectivity index (χ3n) is 3.94. The molecule has 0 saturated carbocycles. The summed E-state index contributed by atoms with van der Waals surface area (Å²) in [4.78, 5) is 0. The van der Waals surface area contributed by atoms with Gasteiger partial charge < -0.3 is 10.1 Å². The van der Waals surface area contributed by atoms with E-state index >= 15 is 0 Å². The molecule has 1 atom stereocenters. The molecule has 0 spiro atoms. The first-order valence-corrected chi connectivity index (χ1v) is 7.28. The second-order valence-corrected chi connectivity index (χ2v) is 5.54. The number of hydrogen-bond donors (Lipinski definition) is 1. The fourth-order valence-electron chi connectivity index (χ4n) is 2.95. The highest BCUT2D eigenvalue weighted by molar-refractivity contribution is 5.39. The van der Waals surface area contributed by atoms with Gasteiger partial charge in [-0.15, -0.1) is 0 Å². The molecular formula is C18H21NO. The highest BCUT2D eigenvalue weighted by atomic mass is 16.5. The molecule has 0 amide bonds. The van der Waals surface area contributed by atoms with Crippen molar-refractivity contribution in [3.63, 3.8) is 0 Å². The molecule has 0 saturated heterocycles. The molecule has 2 nitrogen and oxygen atoms in total. The van der Waals surface area contributed by atoms with E-state index in [0.717, 1.165) is 18.2 Å². The first kappa shape index (κ1) is 13.2. The Hall–Kier alpha value is -1.80. The number of nitrogens with one attached hydrogen (secondary N) is 1. The zero-order chi connectivity index (χ0) is 13.8. The van der Waals surface area contributed by atoms with Gasteiger partial charge in [0.2, 0.25) is 0 Å². The maximum Gasteiger partial charge on any atom is 0.120 e. The van der Waals surface area contributed by atoms with Crippen molar-refractivity contribution in [3.8, 4) is 5.75 Å². The average Bonchev–Trinajstić information content (AvgIpc) is 2.88. The molecule has 20 heavy (non-hydrogen) atoms. The smallest absolute Gasteiger partial charge is 0.120 e. The zero-order valence-corrected chi connectivity index (χ0v) is 11.9. The SMILES string of the molecule is CNCC1Cc2ccc(OCc3ccccc3)cc2C1. The summed E-state index contributed by atoms with van der Waals surface area (Å²) in [5.74, 6) is 1.72. The Labute approximate surface area is 120 Å². The molecule has 2 aromatic rings. The van der Waals surface area contributed by atoms with Gasteiger partial charge in [0, 0.05) is 0 Å². The van der Waals surface area contributed by atoms with Crippen molar-refractivity contribution in [2.75, 3.05) is 13.6 Å². The summed E-state index contributed by atoms with van der Waals surface area (Å²) in [7, 11) is 2.03. The standard InChI is InChI=1S/C18H21NO/c1-19-12-15-9-16-7-8-18(11-17(16)10-15)20-13-14-5-3-2-4-6-14/h2-8,11,15,19H,9-10,12-13H2,1H3. The van der Waals surface area contributed by atoms with Crippen LogP contribution in [0.25, 0.3) is 0 Å². The molecule has 1 N–H and O–H groups in total. The normalized spacial score (nSPS) is 16.9. The van der Waals surface area contributed by atoms with Gasteiger partial charge in [-0.3, -0.25) is 0 Å². The molecule has 0 aliphatic heterocycles. The zero-order valence-electron chi connectivity index (χ0n) is 11.9. The average molecular weight is 267 g/mol. The van der Waals surface area contributed by atoms with Crippen molar-refractivity contribution >= 4 is 0 Å². The molecule has 104 valence electrons. The second kappa shape index (κ2) is 6.10. The van der Waals surface area contributed by atoms with Crippen LogP contribution in [0.1, 0.15) is 16.7 Å². The van der Waals surface area contributed by atoms with E-state index in [9.17, 15) is 0 Å². The van der Waals surface area contributed by atoms with Crippen LogP contribution in [0.2, 0.25) is 0 Å². The summed E-state index contributed by atoms with van der Waals surface area (Å²) in [6.45, 7) is 1.73. The van der Waals surface area contributed by atoms with Crippen LogP contribution in [0, 0.1) is 5.92 Å². The van der Waals surface area contributed by atoms with Gasteiger partial charge in [0.1, 0.15) is 12.4 Å². The van der Waals surface area contributed by atoms with Crippen molar-refractivity contribution in [2.24, 2.45) is 5.92 Å². The van der Waals surface area contributed by atoms with Gasteiger partial charge in [0.15, 0.2) is 0 Å². The second-order valence-electron chi connectivity index (χ2n) is 5.54. The van der Waals surface area contributed by atoms with E-state index in [2.05, 4.69) is 35.6 Å². The molecule has 2 heteroatoms. The lowest BCUT2D eigenvalue weighted by Gasteiger charge is -2.08. The highest BCUT2D eigenvalue weighted by Gasteiger charge is 2.21. The lowest BCUT2D eigenvalue weighted by Crippen LogP contribution is -2.18. The van der Waals surface area contributed by atoms with E-state index in [-0.39, 0.29) is 0 Å².